The first-order valence-corrected chi connectivity index (χ1v) is 9.14. The van der Waals surface area contributed by atoms with Crippen molar-refractivity contribution in [3.63, 3.8) is 0 Å². The van der Waals surface area contributed by atoms with Crippen molar-refractivity contribution in [1.82, 2.24) is 15.2 Å². The Balaban J connectivity index is 1.62. The van der Waals surface area contributed by atoms with Gasteiger partial charge >= 0.3 is 0 Å². The Kier molecular flexibility index (Phi) is 4.76. The molecule has 2 aliphatic heterocycles. The summed E-state index contributed by atoms with van der Waals surface area (Å²) in [6.07, 6.45) is 5.95. The fourth-order valence-electron chi connectivity index (χ4n) is 3.58. The maximum atomic E-state index is 12.3. The largest absolute Gasteiger partial charge is 0.395 e. The Bertz CT molecular complexity index is 898. The lowest BCUT2D eigenvalue weighted by Crippen LogP contribution is -2.34. The van der Waals surface area contributed by atoms with Crippen LogP contribution in [0.3, 0.4) is 0 Å². The van der Waals surface area contributed by atoms with Crippen molar-refractivity contribution in [1.29, 1.82) is 0 Å². The fraction of sp³-hybridized carbons (Fsp3) is 0.444. The molecular formula is C18H21N5O4. The SMILES string of the molecule is O=C1C=C(Nc2ccc(N3CCCCCC3)c3nonc23)C(=O)N1CCO. The van der Waals surface area contributed by atoms with Crippen molar-refractivity contribution in [3.8, 4) is 0 Å². The number of hydrogen-bond acceptors (Lipinski definition) is 8. The van der Waals surface area contributed by atoms with Crippen molar-refractivity contribution in [3.05, 3.63) is 23.9 Å². The van der Waals surface area contributed by atoms with Gasteiger partial charge in [0.1, 0.15) is 5.70 Å². The van der Waals surface area contributed by atoms with Gasteiger partial charge in [-0.15, -0.1) is 0 Å². The van der Waals surface area contributed by atoms with E-state index in [2.05, 4.69) is 20.5 Å². The molecule has 4 rings (SSSR count). The maximum Gasteiger partial charge on any atom is 0.277 e. The number of nitrogens with zero attached hydrogens (tertiary/aromatic N) is 4. The molecule has 27 heavy (non-hydrogen) atoms. The first kappa shape index (κ1) is 17.5. The molecule has 0 bridgehead atoms. The Labute approximate surface area is 155 Å². The number of amides is 2. The lowest BCUT2D eigenvalue weighted by atomic mass is 10.2. The zero-order chi connectivity index (χ0) is 18.8. The summed E-state index contributed by atoms with van der Waals surface area (Å²) in [5.74, 6) is -0.928. The standard InChI is InChI=1S/C18H21N5O4/c24-10-9-23-15(25)11-13(18(23)26)19-12-5-6-14(17-16(12)20-27-21-17)22-7-3-1-2-4-8-22/h5-6,11,19,24H,1-4,7-10H2. The summed E-state index contributed by atoms with van der Waals surface area (Å²) in [5, 5.41) is 20.0. The number of aromatic nitrogens is 2. The van der Waals surface area contributed by atoms with Gasteiger partial charge in [-0.25, -0.2) is 4.63 Å². The topological polar surface area (TPSA) is 112 Å². The molecule has 0 spiro atoms. The minimum atomic E-state index is -0.477. The van der Waals surface area contributed by atoms with Gasteiger partial charge < -0.3 is 15.3 Å². The molecule has 2 aromatic rings. The minimum absolute atomic E-state index is 0.0336. The molecule has 0 saturated carbocycles. The fourth-order valence-corrected chi connectivity index (χ4v) is 3.58. The second-order valence-electron chi connectivity index (χ2n) is 6.70. The highest BCUT2D eigenvalue weighted by molar-refractivity contribution is 6.18. The predicted octanol–water partition coefficient (Wildman–Crippen LogP) is 1.26. The van der Waals surface area contributed by atoms with Crippen LogP contribution in [-0.2, 0) is 9.59 Å². The zero-order valence-corrected chi connectivity index (χ0v) is 14.8. The van der Waals surface area contributed by atoms with Crippen LogP contribution in [0.2, 0.25) is 0 Å². The Hall–Kier alpha value is -2.94. The summed E-state index contributed by atoms with van der Waals surface area (Å²) >= 11 is 0. The summed E-state index contributed by atoms with van der Waals surface area (Å²) < 4.78 is 4.96. The third-order valence-electron chi connectivity index (χ3n) is 4.94. The second kappa shape index (κ2) is 7.36. The maximum absolute atomic E-state index is 12.3. The molecule has 1 fully saturated rings. The average molecular weight is 371 g/mol. The molecule has 142 valence electrons. The monoisotopic (exact) mass is 371 g/mol. The third-order valence-corrected chi connectivity index (χ3v) is 4.94. The number of imide groups is 1. The molecule has 0 aliphatic carbocycles. The molecule has 9 heteroatoms. The molecule has 0 unspecified atom stereocenters. The van der Waals surface area contributed by atoms with E-state index in [0.717, 1.165) is 36.5 Å². The van der Waals surface area contributed by atoms with Gasteiger partial charge in [0.15, 0.2) is 11.0 Å². The van der Waals surface area contributed by atoms with E-state index in [4.69, 9.17) is 9.74 Å². The molecule has 9 nitrogen and oxygen atoms in total. The smallest absolute Gasteiger partial charge is 0.277 e. The molecule has 0 atom stereocenters. The van der Waals surface area contributed by atoms with Gasteiger partial charge in [-0.1, -0.05) is 12.8 Å². The second-order valence-corrected chi connectivity index (χ2v) is 6.70. The molecule has 2 N–H and O–H groups in total. The number of benzene rings is 1. The normalized spacial score (nSPS) is 18.2. The quantitative estimate of drug-likeness (QED) is 0.756. The van der Waals surface area contributed by atoms with Gasteiger partial charge in [0.05, 0.1) is 24.5 Å². The van der Waals surface area contributed by atoms with E-state index >= 15 is 0 Å². The summed E-state index contributed by atoms with van der Waals surface area (Å²) in [4.78, 5) is 27.5. The van der Waals surface area contributed by atoms with Crippen molar-refractivity contribution < 1.29 is 19.3 Å². The number of anilines is 2. The van der Waals surface area contributed by atoms with Crippen LogP contribution in [0.1, 0.15) is 25.7 Å². The Morgan fingerprint density at radius 2 is 1.81 bits per heavy atom. The molecule has 2 aliphatic rings. The third kappa shape index (κ3) is 3.25. The Morgan fingerprint density at radius 1 is 1.07 bits per heavy atom. The van der Waals surface area contributed by atoms with Gasteiger partial charge in [0.2, 0.25) is 0 Å². The van der Waals surface area contributed by atoms with E-state index < -0.39 is 11.8 Å². The van der Waals surface area contributed by atoms with Crippen molar-refractivity contribution >= 4 is 34.2 Å². The van der Waals surface area contributed by atoms with Gasteiger partial charge in [-0.2, -0.15) is 0 Å². The van der Waals surface area contributed by atoms with Crippen LogP contribution in [0.25, 0.3) is 11.0 Å². The van der Waals surface area contributed by atoms with Crippen LogP contribution in [-0.4, -0.2) is 58.4 Å². The molecule has 2 amide bonds. The number of carbonyl (C=O) groups is 2. The van der Waals surface area contributed by atoms with Crippen LogP contribution in [0.15, 0.2) is 28.5 Å². The number of carbonyl (C=O) groups excluding carboxylic acids is 2. The number of hydrogen-bond donors (Lipinski definition) is 2. The van der Waals surface area contributed by atoms with Crippen molar-refractivity contribution in [2.75, 3.05) is 36.5 Å². The number of nitrogens with one attached hydrogen (secondary N) is 1. The summed E-state index contributed by atoms with van der Waals surface area (Å²) in [6, 6.07) is 3.76. The van der Waals surface area contributed by atoms with Crippen molar-refractivity contribution in [2.24, 2.45) is 0 Å². The zero-order valence-electron chi connectivity index (χ0n) is 14.8. The number of fused-ring (bicyclic) bond motifs is 1. The summed E-state index contributed by atoms with van der Waals surface area (Å²) in [6.45, 7) is 1.61. The summed E-state index contributed by atoms with van der Waals surface area (Å²) in [5.41, 5.74) is 2.79. The van der Waals surface area contributed by atoms with E-state index in [1.54, 1.807) is 0 Å². The lowest BCUT2D eigenvalue weighted by molar-refractivity contribution is -0.137. The molecule has 0 radical (unpaired) electrons. The van der Waals surface area contributed by atoms with Crippen molar-refractivity contribution in [2.45, 2.75) is 25.7 Å². The van der Waals surface area contributed by atoms with E-state index in [-0.39, 0.29) is 18.8 Å². The average Bonchev–Trinajstić information content (AvgIpc) is 3.13. The van der Waals surface area contributed by atoms with Gasteiger partial charge in [-0.05, 0) is 35.3 Å². The Morgan fingerprint density at radius 3 is 2.56 bits per heavy atom. The van der Waals surface area contributed by atoms with Crippen LogP contribution in [0, 0.1) is 0 Å². The molecule has 1 aromatic heterocycles. The van der Waals surface area contributed by atoms with E-state index in [1.807, 2.05) is 12.1 Å². The number of aliphatic hydroxyl groups is 1. The lowest BCUT2D eigenvalue weighted by Gasteiger charge is -2.23. The number of aliphatic hydroxyl groups excluding tert-OH is 1. The highest BCUT2D eigenvalue weighted by Gasteiger charge is 2.31. The molecule has 3 heterocycles. The highest BCUT2D eigenvalue weighted by atomic mass is 16.6. The van der Waals surface area contributed by atoms with Crippen LogP contribution in [0.4, 0.5) is 11.4 Å². The van der Waals surface area contributed by atoms with Crippen LogP contribution < -0.4 is 10.2 Å². The van der Waals surface area contributed by atoms with E-state index in [9.17, 15) is 9.59 Å². The van der Waals surface area contributed by atoms with E-state index in [1.165, 1.54) is 18.9 Å². The first-order valence-electron chi connectivity index (χ1n) is 9.14. The van der Waals surface area contributed by atoms with Gasteiger partial charge in [0, 0.05) is 19.2 Å². The first-order chi connectivity index (χ1) is 13.2. The minimum Gasteiger partial charge on any atom is -0.395 e. The molecule has 1 saturated heterocycles. The van der Waals surface area contributed by atoms with Gasteiger partial charge in [-0.3, -0.25) is 14.5 Å². The predicted molar refractivity (Wildman–Crippen MR) is 98.0 cm³/mol. The molecule has 1 aromatic carbocycles. The summed E-state index contributed by atoms with van der Waals surface area (Å²) in [7, 11) is 0. The van der Waals surface area contributed by atoms with Crippen LogP contribution in [0.5, 0.6) is 0 Å². The number of rotatable bonds is 5. The highest BCUT2D eigenvalue weighted by Crippen LogP contribution is 2.32. The van der Waals surface area contributed by atoms with E-state index in [0.29, 0.717) is 16.7 Å². The number of β-amino-alcohol motifs (C(OH)–C–C–N with tert-alkyl or cyclic N) is 1. The molecular weight excluding hydrogens is 350 g/mol. The van der Waals surface area contributed by atoms with Crippen LogP contribution >= 0.6 is 0 Å². The van der Waals surface area contributed by atoms with Gasteiger partial charge in [0.25, 0.3) is 11.8 Å².